The van der Waals surface area contributed by atoms with E-state index in [1.165, 1.54) is 0 Å². The normalized spacial score (nSPS) is 20.6. The Hall–Kier alpha value is -0.170. The highest BCUT2D eigenvalue weighted by Crippen LogP contribution is 2.14. The van der Waals surface area contributed by atoms with Crippen LogP contribution in [0.1, 0.15) is 46.5 Å². The van der Waals surface area contributed by atoms with Crippen molar-refractivity contribution in [2.45, 2.75) is 52.5 Å². The second-order valence-electron chi connectivity index (χ2n) is 5.15. The summed E-state index contributed by atoms with van der Waals surface area (Å²) in [7, 11) is -3.30. The Bertz CT molecular complexity index is 334. The first-order chi connectivity index (χ1) is 9.06. The minimum atomic E-state index is -3.30. The van der Waals surface area contributed by atoms with E-state index in [2.05, 4.69) is 5.32 Å². The molecule has 1 unspecified atom stereocenters. The molecule has 1 aliphatic rings. The van der Waals surface area contributed by atoms with Crippen LogP contribution in [0.5, 0.6) is 0 Å². The van der Waals surface area contributed by atoms with E-state index in [9.17, 15) is 8.42 Å². The van der Waals surface area contributed by atoms with Gasteiger partial charge in [-0.25, -0.2) is 0 Å². The summed E-state index contributed by atoms with van der Waals surface area (Å²) in [5, 5.41) is 3.37. The molecule has 1 saturated heterocycles. The second kappa shape index (κ2) is 8.19. The molecular weight excluding hydrogens is 262 g/mol. The maximum absolute atomic E-state index is 12.7. The van der Waals surface area contributed by atoms with Gasteiger partial charge in [-0.15, -0.1) is 0 Å². The van der Waals surface area contributed by atoms with Crippen molar-refractivity contribution < 1.29 is 8.42 Å². The first-order valence-electron chi connectivity index (χ1n) is 7.54. The minimum Gasteiger partial charge on any atom is -0.313 e. The second-order valence-corrected chi connectivity index (χ2v) is 7.08. The van der Waals surface area contributed by atoms with E-state index in [1.54, 1.807) is 8.61 Å². The van der Waals surface area contributed by atoms with Crippen LogP contribution in [0.2, 0.25) is 0 Å². The third kappa shape index (κ3) is 4.70. The zero-order chi connectivity index (χ0) is 14.3. The molecule has 0 spiro atoms. The Labute approximate surface area is 118 Å². The van der Waals surface area contributed by atoms with Crippen LogP contribution in [0.4, 0.5) is 0 Å². The molecular formula is C13H29N3O2S. The molecule has 0 saturated carbocycles. The molecule has 1 rings (SSSR count). The van der Waals surface area contributed by atoms with E-state index in [1.807, 2.05) is 20.8 Å². The van der Waals surface area contributed by atoms with Gasteiger partial charge in [0, 0.05) is 32.2 Å². The molecule has 0 bridgehead atoms. The van der Waals surface area contributed by atoms with Crippen molar-refractivity contribution in [2.24, 2.45) is 0 Å². The van der Waals surface area contributed by atoms with Gasteiger partial charge in [-0.05, 0) is 32.2 Å². The van der Waals surface area contributed by atoms with Gasteiger partial charge < -0.3 is 5.32 Å². The Morgan fingerprint density at radius 1 is 1.11 bits per heavy atom. The van der Waals surface area contributed by atoms with Gasteiger partial charge in [0.2, 0.25) is 0 Å². The van der Waals surface area contributed by atoms with Gasteiger partial charge in [-0.2, -0.15) is 17.0 Å². The predicted molar refractivity (Wildman–Crippen MR) is 79.3 cm³/mol. The zero-order valence-corrected chi connectivity index (χ0v) is 13.4. The molecule has 1 fully saturated rings. The van der Waals surface area contributed by atoms with E-state index in [-0.39, 0.29) is 0 Å². The lowest BCUT2D eigenvalue weighted by molar-refractivity contribution is 0.323. The molecule has 0 amide bonds. The monoisotopic (exact) mass is 291 g/mol. The first kappa shape index (κ1) is 16.9. The number of rotatable bonds is 9. The fraction of sp³-hybridized carbons (Fsp3) is 1.00. The van der Waals surface area contributed by atoms with Crippen LogP contribution in [0.3, 0.4) is 0 Å². The zero-order valence-electron chi connectivity index (χ0n) is 12.6. The lowest BCUT2D eigenvalue weighted by Gasteiger charge is -2.30. The summed E-state index contributed by atoms with van der Waals surface area (Å²) in [6.07, 6.45) is 3.94. The Morgan fingerprint density at radius 2 is 1.74 bits per heavy atom. The van der Waals surface area contributed by atoms with Crippen LogP contribution in [-0.4, -0.2) is 55.8 Å². The largest absolute Gasteiger partial charge is 0.313 e. The van der Waals surface area contributed by atoms with Crippen molar-refractivity contribution in [2.75, 3.05) is 32.7 Å². The maximum Gasteiger partial charge on any atom is 0.282 e. The highest BCUT2D eigenvalue weighted by Gasteiger charge is 2.30. The number of nitrogens with zero attached hydrogens (tertiary/aromatic N) is 2. The van der Waals surface area contributed by atoms with Gasteiger partial charge in [-0.3, -0.25) is 0 Å². The molecule has 114 valence electrons. The van der Waals surface area contributed by atoms with Crippen LogP contribution < -0.4 is 5.32 Å². The summed E-state index contributed by atoms with van der Waals surface area (Å²) in [4.78, 5) is 0. The van der Waals surface area contributed by atoms with Gasteiger partial charge in [0.1, 0.15) is 0 Å². The summed E-state index contributed by atoms with van der Waals surface area (Å²) in [5.74, 6) is 0. The molecule has 0 aromatic rings. The van der Waals surface area contributed by atoms with Gasteiger partial charge in [-0.1, -0.05) is 20.8 Å². The van der Waals surface area contributed by atoms with Gasteiger partial charge in [0.25, 0.3) is 10.2 Å². The topological polar surface area (TPSA) is 52.7 Å². The van der Waals surface area contributed by atoms with Crippen molar-refractivity contribution in [3.8, 4) is 0 Å². The van der Waals surface area contributed by atoms with Crippen molar-refractivity contribution in [3.63, 3.8) is 0 Å². The van der Waals surface area contributed by atoms with Gasteiger partial charge >= 0.3 is 0 Å². The van der Waals surface area contributed by atoms with Crippen molar-refractivity contribution in [3.05, 3.63) is 0 Å². The molecule has 1 N–H and O–H groups in total. The van der Waals surface area contributed by atoms with Crippen molar-refractivity contribution in [1.29, 1.82) is 0 Å². The molecule has 0 aliphatic carbocycles. The lowest BCUT2D eigenvalue weighted by Crippen LogP contribution is -2.48. The smallest absolute Gasteiger partial charge is 0.282 e. The molecule has 19 heavy (non-hydrogen) atoms. The minimum absolute atomic E-state index is 0.319. The predicted octanol–water partition coefficient (Wildman–Crippen LogP) is 1.43. The fourth-order valence-corrected chi connectivity index (χ4v) is 4.40. The molecule has 5 nitrogen and oxygen atoms in total. The van der Waals surface area contributed by atoms with Crippen molar-refractivity contribution in [1.82, 2.24) is 13.9 Å². The molecule has 1 heterocycles. The summed E-state index contributed by atoms with van der Waals surface area (Å²) in [6, 6.07) is 0.319. The Kier molecular flexibility index (Phi) is 7.28. The average molecular weight is 291 g/mol. The maximum atomic E-state index is 12.7. The molecule has 0 aromatic carbocycles. The molecule has 0 radical (unpaired) electrons. The number of hydrogen-bond acceptors (Lipinski definition) is 3. The fourth-order valence-electron chi connectivity index (χ4n) is 2.55. The standard InChI is InChI=1S/C13H29N3O2S/c1-4-10-16(11-5-2)19(17,18)15(6-3)12-13-8-7-9-14-13/h13-14H,4-12H2,1-3H3. The lowest BCUT2D eigenvalue weighted by atomic mass is 10.2. The molecule has 1 aliphatic heterocycles. The highest BCUT2D eigenvalue weighted by molar-refractivity contribution is 7.86. The summed E-state index contributed by atoms with van der Waals surface area (Å²) in [5.41, 5.74) is 0. The molecule has 0 aromatic heterocycles. The summed E-state index contributed by atoms with van der Waals surface area (Å²) < 4.78 is 28.6. The van der Waals surface area contributed by atoms with E-state index >= 15 is 0 Å². The van der Waals surface area contributed by atoms with Crippen LogP contribution >= 0.6 is 0 Å². The number of nitrogens with one attached hydrogen (secondary N) is 1. The Morgan fingerprint density at radius 3 is 2.16 bits per heavy atom. The molecule has 6 heteroatoms. The first-order valence-corrected chi connectivity index (χ1v) is 8.94. The van der Waals surface area contributed by atoms with Gasteiger partial charge in [0.05, 0.1) is 0 Å². The van der Waals surface area contributed by atoms with Crippen LogP contribution in [-0.2, 0) is 10.2 Å². The van der Waals surface area contributed by atoms with Crippen LogP contribution in [0.15, 0.2) is 0 Å². The summed E-state index contributed by atoms with van der Waals surface area (Å²) >= 11 is 0. The SMILES string of the molecule is CCCN(CCC)S(=O)(=O)N(CC)CC1CCCN1. The van der Waals surface area contributed by atoms with Crippen LogP contribution in [0, 0.1) is 0 Å². The van der Waals surface area contributed by atoms with Gasteiger partial charge in [0.15, 0.2) is 0 Å². The number of hydrogen-bond donors (Lipinski definition) is 1. The number of likely N-dealkylation sites (N-methyl/N-ethyl adjacent to an activating group) is 1. The van der Waals surface area contributed by atoms with Crippen molar-refractivity contribution >= 4 is 10.2 Å². The average Bonchev–Trinajstić information content (AvgIpc) is 2.88. The van der Waals surface area contributed by atoms with E-state index in [0.717, 1.165) is 32.2 Å². The Balaban J connectivity index is 2.73. The quantitative estimate of drug-likeness (QED) is 0.699. The third-order valence-electron chi connectivity index (χ3n) is 3.54. The van der Waals surface area contributed by atoms with E-state index in [4.69, 9.17) is 0 Å². The third-order valence-corrected chi connectivity index (χ3v) is 5.62. The van der Waals surface area contributed by atoms with Crippen LogP contribution in [0.25, 0.3) is 0 Å². The van der Waals surface area contributed by atoms with E-state index < -0.39 is 10.2 Å². The van der Waals surface area contributed by atoms with E-state index in [0.29, 0.717) is 32.2 Å². The molecule has 1 atom stereocenters. The summed E-state index contributed by atoms with van der Waals surface area (Å²) in [6.45, 7) is 9.35. The highest BCUT2D eigenvalue weighted by atomic mass is 32.2.